The minimum atomic E-state index is -0.775. The fourth-order valence-electron chi connectivity index (χ4n) is 4.75. The lowest BCUT2D eigenvalue weighted by molar-refractivity contribution is -0.0197. The molecular weight excluding hydrogens is 460 g/mol. The van der Waals surface area contributed by atoms with Gasteiger partial charge in [-0.3, -0.25) is 14.7 Å². The van der Waals surface area contributed by atoms with Crippen LogP contribution >= 0.6 is 11.3 Å². The van der Waals surface area contributed by atoms with Crippen molar-refractivity contribution in [1.82, 2.24) is 20.2 Å². The Morgan fingerprint density at radius 2 is 1.94 bits per heavy atom. The number of nitrogens with one attached hydrogen (secondary N) is 1. The molecule has 2 aliphatic heterocycles. The molecule has 5 rings (SSSR count). The van der Waals surface area contributed by atoms with Gasteiger partial charge in [0.05, 0.1) is 30.7 Å². The van der Waals surface area contributed by atoms with Gasteiger partial charge in [0.15, 0.2) is 5.13 Å². The monoisotopic (exact) mass is 491 g/mol. The molecule has 2 aromatic rings. The number of rotatable bonds is 8. The second-order valence-electron chi connectivity index (χ2n) is 9.53. The lowest BCUT2D eigenvalue weighted by Crippen LogP contribution is -2.50. The third-order valence-corrected chi connectivity index (χ3v) is 8.00. The summed E-state index contributed by atoms with van der Waals surface area (Å²) in [6.45, 7) is 4.85. The molecule has 0 unspecified atom stereocenters. The number of hydrogen-bond acceptors (Lipinski definition) is 7. The second-order valence-corrected chi connectivity index (χ2v) is 10.5. The van der Waals surface area contributed by atoms with Crippen molar-refractivity contribution in [3.63, 3.8) is 0 Å². The van der Waals surface area contributed by atoms with E-state index < -0.39 is 11.6 Å². The van der Waals surface area contributed by atoms with Gasteiger partial charge in [-0.05, 0) is 51.0 Å². The minimum absolute atomic E-state index is 0.000507. The van der Waals surface area contributed by atoms with Crippen LogP contribution < -0.4 is 10.2 Å². The SMILES string of the molecule is O=C(NCc1ncc(F)cc1F)c1cnc(N2CCC(N3CCC[C@@H](OCC4CC4)C3)CC2)s1. The molecule has 1 amide bonds. The molecule has 2 saturated heterocycles. The fourth-order valence-corrected chi connectivity index (χ4v) is 5.64. The molecule has 7 nitrogen and oxygen atoms in total. The molecule has 0 bridgehead atoms. The van der Waals surface area contributed by atoms with Crippen LogP contribution in [-0.4, -0.2) is 65.7 Å². The molecule has 0 spiro atoms. The largest absolute Gasteiger partial charge is 0.377 e. The Balaban J connectivity index is 1.09. The van der Waals surface area contributed by atoms with E-state index >= 15 is 0 Å². The Hall–Kier alpha value is -2.17. The van der Waals surface area contributed by atoms with Crippen molar-refractivity contribution in [1.29, 1.82) is 0 Å². The maximum Gasteiger partial charge on any atom is 0.263 e. The molecule has 3 aliphatic rings. The number of ether oxygens (including phenoxy) is 1. The number of amides is 1. The quantitative estimate of drug-likeness (QED) is 0.609. The molecule has 2 aromatic heterocycles. The van der Waals surface area contributed by atoms with E-state index in [0.717, 1.165) is 68.9 Å². The number of carbonyl (C=O) groups excluding carboxylic acids is 1. The highest BCUT2D eigenvalue weighted by atomic mass is 32.1. The second kappa shape index (κ2) is 10.6. The van der Waals surface area contributed by atoms with E-state index in [0.29, 0.717) is 17.0 Å². The number of halogens is 2. The van der Waals surface area contributed by atoms with Gasteiger partial charge >= 0.3 is 0 Å². The smallest absolute Gasteiger partial charge is 0.263 e. The molecule has 1 N–H and O–H groups in total. The third kappa shape index (κ3) is 5.90. The molecule has 10 heteroatoms. The summed E-state index contributed by atoms with van der Waals surface area (Å²) in [5.74, 6) is -1.05. The van der Waals surface area contributed by atoms with Crippen molar-refractivity contribution >= 4 is 22.4 Å². The zero-order chi connectivity index (χ0) is 23.5. The van der Waals surface area contributed by atoms with Crippen molar-refractivity contribution < 1.29 is 18.3 Å². The lowest BCUT2D eigenvalue weighted by Gasteiger charge is -2.42. The van der Waals surface area contributed by atoms with Crippen LogP contribution in [0.4, 0.5) is 13.9 Å². The zero-order valence-electron chi connectivity index (χ0n) is 19.2. The Labute approximate surface area is 202 Å². The van der Waals surface area contributed by atoms with E-state index in [1.54, 1.807) is 6.20 Å². The molecular formula is C24H31F2N5O2S. The van der Waals surface area contributed by atoms with Crippen molar-refractivity contribution in [3.05, 3.63) is 40.7 Å². The highest BCUT2D eigenvalue weighted by molar-refractivity contribution is 7.17. The number of pyridine rings is 1. The van der Waals surface area contributed by atoms with Gasteiger partial charge in [-0.2, -0.15) is 0 Å². The van der Waals surface area contributed by atoms with Crippen LogP contribution in [0.15, 0.2) is 18.5 Å². The van der Waals surface area contributed by atoms with Crippen LogP contribution in [0.2, 0.25) is 0 Å². The van der Waals surface area contributed by atoms with Gasteiger partial charge in [-0.1, -0.05) is 11.3 Å². The Morgan fingerprint density at radius 3 is 2.71 bits per heavy atom. The summed E-state index contributed by atoms with van der Waals surface area (Å²) in [5.41, 5.74) is -0.000507. The van der Waals surface area contributed by atoms with E-state index in [1.807, 2.05) is 0 Å². The summed E-state index contributed by atoms with van der Waals surface area (Å²) in [4.78, 5) is 25.9. The van der Waals surface area contributed by atoms with Crippen LogP contribution in [0.5, 0.6) is 0 Å². The first-order chi connectivity index (χ1) is 16.5. The predicted molar refractivity (Wildman–Crippen MR) is 126 cm³/mol. The maximum absolute atomic E-state index is 13.7. The number of hydrogen-bond donors (Lipinski definition) is 1. The normalized spacial score (nSPS) is 22.2. The molecule has 4 heterocycles. The van der Waals surface area contributed by atoms with E-state index in [4.69, 9.17) is 4.74 Å². The van der Waals surface area contributed by atoms with Crippen molar-refractivity contribution in [2.45, 2.75) is 57.2 Å². The number of nitrogens with zero attached hydrogens (tertiary/aromatic N) is 4. The summed E-state index contributed by atoms with van der Waals surface area (Å²) in [5, 5.41) is 3.47. The van der Waals surface area contributed by atoms with Crippen LogP contribution in [0.3, 0.4) is 0 Å². The summed E-state index contributed by atoms with van der Waals surface area (Å²) in [6, 6.07) is 1.33. The average Bonchev–Trinajstić information content (AvgIpc) is 3.55. The lowest BCUT2D eigenvalue weighted by atomic mass is 9.99. The maximum atomic E-state index is 13.7. The molecule has 34 heavy (non-hydrogen) atoms. The van der Waals surface area contributed by atoms with Gasteiger partial charge in [-0.25, -0.2) is 13.8 Å². The third-order valence-electron chi connectivity index (χ3n) is 6.94. The molecule has 0 radical (unpaired) electrons. The van der Waals surface area contributed by atoms with Crippen LogP contribution in [-0.2, 0) is 11.3 Å². The van der Waals surface area contributed by atoms with Gasteiger partial charge in [-0.15, -0.1) is 0 Å². The topological polar surface area (TPSA) is 70.6 Å². The van der Waals surface area contributed by atoms with Crippen molar-refractivity contribution in [2.75, 3.05) is 37.7 Å². The molecule has 1 saturated carbocycles. The Bertz CT molecular complexity index is 993. The Kier molecular flexibility index (Phi) is 7.36. The van der Waals surface area contributed by atoms with Crippen LogP contribution in [0, 0.1) is 17.6 Å². The van der Waals surface area contributed by atoms with E-state index in [-0.39, 0.29) is 18.1 Å². The standard InChI is InChI=1S/C24H31F2N5O2S/c25-17-10-20(26)21(27-11-17)12-28-23(32)22-13-29-24(34-22)30-8-5-18(6-9-30)31-7-1-2-19(14-31)33-15-16-3-4-16/h10-11,13,16,18-19H,1-9,12,14-15H2,(H,28,32)/t19-/m1/s1. The number of aromatic nitrogens is 2. The molecule has 184 valence electrons. The van der Waals surface area contributed by atoms with Crippen molar-refractivity contribution in [2.24, 2.45) is 5.92 Å². The first-order valence-electron chi connectivity index (χ1n) is 12.2. The van der Waals surface area contributed by atoms with E-state index in [2.05, 4.69) is 25.1 Å². The predicted octanol–water partition coefficient (Wildman–Crippen LogP) is 3.61. The number of piperidine rings is 2. The van der Waals surface area contributed by atoms with Gasteiger partial charge in [0.2, 0.25) is 0 Å². The van der Waals surface area contributed by atoms with Gasteiger partial charge < -0.3 is 15.0 Å². The molecule has 0 aromatic carbocycles. The number of likely N-dealkylation sites (tertiary alicyclic amines) is 1. The van der Waals surface area contributed by atoms with Crippen molar-refractivity contribution in [3.8, 4) is 0 Å². The molecule has 3 fully saturated rings. The summed E-state index contributed by atoms with van der Waals surface area (Å²) >= 11 is 1.34. The van der Waals surface area contributed by atoms with Crippen LogP contribution in [0.25, 0.3) is 0 Å². The van der Waals surface area contributed by atoms with Gasteiger partial charge in [0.25, 0.3) is 5.91 Å². The first kappa shape index (κ1) is 23.6. The molecule has 1 atom stereocenters. The summed E-state index contributed by atoms with van der Waals surface area (Å²) < 4.78 is 32.9. The highest BCUT2D eigenvalue weighted by Crippen LogP contribution is 2.31. The number of carbonyl (C=O) groups is 1. The first-order valence-corrected chi connectivity index (χ1v) is 13.0. The van der Waals surface area contributed by atoms with Gasteiger partial charge in [0.1, 0.15) is 16.5 Å². The van der Waals surface area contributed by atoms with Crippen LogP contribution in [0.1, 0.15) is 53.9 Å². The molecule has 1 aliphatic carbocycles. The zero-order valence-corrected chi connectivity index (χ0v) is 20.0. The summed E-state index contributed by atoms with van der Waals surface area (Å²) in [7, 11) is 0. The minimum Gasteiger partial charge on any atom is -0.377 e. The summed E-state index contributed by atoms with van der Waals surface area (Å²) in [6.07, 6.45) is 10.1. The highest BCUT2D eigenvalue weighted by Gasteiger charge is 2.31. The van der Waals surface area contributed by atoms with Gasteiger partial charge in [0, 0.05) is 38.3 Å². The average molecular weight is 492 g/mol. The fraction of sp³-hybridized carbons (Fsp3) is 0.625. The number of anilines is 1. The van der Waals surface area contributed by atoms with E-state index in [1.165, 1.54) is 37.0 Å². The Morgan fingerprint density at radius 1 is 1.12 bits per heavy atom. The van der Waals surface area contributed by atoms with E-state index in [9.17, 15) is 13.6 Å². The number of thiazole rings is 1.